The number of allylic oxidation sites excluding steroid dienone is 1. The molecule has 0 nitrogen and oxygen atoms in total. The van der Waals surface area contributed by atoms with Gasteiger partial charge in [-0.05, 0) is 12.8 Å². The zero-order chi connectivity index (χ0) is 14.7. The van der Waals surface area contributed by atoms with Crippen LogP contribution in [0.3, 0.4) is 0 Å². The van der Waals surface area contributed by atoms with Gasteiger partial charge in [-0.2, -0.15) is 0 Å². The van der Waals surface area contributed by atoms with Crippen molar-refractivity contribution in [3.8, 4) is 0 Å². The quantitative estimate of drug-likeness (QED) is 0.187. The number of hydrogen-bond acceptors (Lipinski definition) is 0. The third-order valence-electron chi connectivity index (χ3n) is 4.26. The summed E-state index contributed by atoms with van der Waals surface area (Å²) in [4.78, 5) is 0. The van der Waals surface area contributed by atoms with Gasteiger partial charge >= 0.3 is 0 Å². The summed E-state index contributed by atoms with van der Waals surface area (Å²) < 4.78 is 0. The Bertz CT molecular complexity index is 177. The second-order valence-electron chi connectivity index (χ2n) is 6.38. The van der Waals surface area contributed by atoms with Crippen molar-refractivity contribution >= 4 is 12.4 Å². The lowest BCUT2D eigenvalue weighted by Gasteiger charge is -2.03. The normalized spacial score (nSPS) is 10.3. The van der Waals surface area contributed by atoms with E-state index in [1.807, 2.05) is 6.08 Å². The predicted octanol–water partition coefficient (Wildman–Crippen LogP) is 8.25. The Morgan fingerprint density at radius 1 is 0.524 bits per heavy atom. The van der Waals surface area contributed by atoms with Crippen molar-refractivity contribution in [2.75, 3.05) is 0 Å². The standard InChI is InChI=1S/C20H40.ClH/c1-3-5-7-9-11-13-15-17-19-20-18-16-14-12-10-8-6-4-2;/h3H,1,4-20H2,2H3;1H. The van der Waals surface area contributed by atoms with Gasteiger partial charge in [0.25, 0.3) is 0 Å². The van der Waals surface area contributed by atoms with Gasteiger partial charge in [0.15, 0.2) is 0 Å². The van der Waals surface area contributed by atoms with Crippen molar-refractivity contribution in [3.05, 3.63) is 12.7 Å². The lowest BCUT2D eigenvalue weighted by Crippen LogP contribution is -1.83. The Kier molecular flexibility index (Phi) is 24.8. The highest BCUT2D eigenvalue weighted by molar-refractivity contribution is 5.85. The SMILES string of the molecule is C=CCCCCCCCCCCCCCCCCCC.Cl. The zero-order valence-corrected chi connectivity index (χ0v) is 15.5. The molecule has 0 aliphatic heterocycles. The van der Waals surface area contributed by atoms with Gasteiger partial charge in [0.1, 0.15) is 0 Å². The molecule has 0 saturated heterocycles. The Morgan fingerprint density at radius 2 is 0.810 bits per heavy atom. The molecule has 0 aromatic carbocycles. The van der Waals surface area contributed by atoms with Crippen molar-refractivity contribution < 1.29 is 0 Å². The van der Waals surface area contributed by atoms with Crippen LogP contribution in [0.25, 0.3) is 0 Å². The third kappa shape index (κ3) is 22.5. The monoisotopic (exact) mass is 316 g/mol. The van der Waals surface area contributed by atoms with Gasteiger partial charge in [0.05, 0.1) is 0 Å². The maximum absolute atomic E-state index is 3.77. The fourth-order valence-corrected chi connectivity index (χ4v) is 2.84. The highest BCUT2D eigenvalue weighted by Gasteiger charge is 1.94. The molecule has 0 aromatic heterocycles. The molecule has 0 aliphatic rings. The van der Waals surface area contributed by atoms with E-state index in [0.29, 0.717) is 0 Å². The first-order valence-corrected chi connectivity index (χ1v) is 9.52. The Morgan fingerprint density at radius 3 is 1.10 bits per heavy atom. The van der Waals surface area contributed by atoms with Crippen LogP contribution in [0.15, 0.2) is 12.7 Å². The summed E-state index contributed by atoms with van der Waals surface area (Å²) in [5, 5.41) is 0. The summed E-state index contributed by atoms with van der Waals surface area (Å²) in [6, 6.07) is 0. The van der Waals surface area contributed by atoms with Crippen molar-refractivity contribution in [1.29, 1.82) is 0 Å². The first-order valence-electron chi connectivity index (χ1n) is 9.52. The van der Waals surface area contributed by atoms with E-state index in [0.717, 1.165) is 0 Å². The maximum atomic E-state index is 3.77. The molecule has 0 fully saturated rings. The number of unbranched alkanes of at least 4 members (excludes halogenated alkanes) is 16. The predicted molar refractivity (Wildman–Crippen MR) is 102 cm³/mol. The molecule has 0 spiro atoms. The van der Waals surface area contributed by atoms with Gasteiger partial charge in [-0.1, -0.05) is 109 Å². The molecule has 21 heavy (non-hydrogen) atoms. The van der Waals surface area contributed by atoms with E-state index in [2.05, 4.69) is 13.5 Å². The first-order chi connectivity index (χ1) is 9.91. The van der Waals surface area contributed by atoms with Gasteiger partial charge < -0.3 is 0 Å². The van der Waals surface area contributed by atoms with E-state index in [9.17, 15) is 0 Å². The van der Waals surface area contributed by atoms with Crippen LogP contribution in [0.4, 0.5) is 0 Å². The van der Waals surface area contributed by atoms with Crippen LogP contribution in [0, 0.1) is 0 Å². The molecule has 0 radical (unpaired) electrons. The molecule has 0 bridgehead atoms. The molecule has 0 atom stereocenters. The molecule has 0 unspecified atom stereocenters. The molecule has 0 aliphatic carbocycles. The summed E-state index contributed by atoms with van der Waals surface area (Å²) >= 11 is 0. The van der Waals surface area contributed by atoms with Crippen LogP contribution in [-0.4, -0.2) is 0 Å². The molecule has 0 saturated carbocycles. The third-order valence-corrected chi connectivity index (χ3v) is 4.26. The molecule has 0 aromatic rings. The van der Waals surface area contributed by atoms with Crippen LogP contribution in [0.2, 0.25) is 0 Å². The molecule has 128 valence electrons. The summed E-state index contributed by atoms with van der Waals surface area (Å²) in [6.07, 6.45) is 26.4. The van der Waals surface area contributed by atoms with Crippen molar-refractivity contribution in [1.82, 2.24) is 0 Å². The Balaban J connectivity index is 0. The maximum Gasteiger partial charge on any atom is -0.0353 e. The minimum Gasteiger partial charge on any atom is -0.147 e. The van der Waals surface area contributed by atoms with Gasteiger partial charge in [0, 0.05) is 0 Å². The van der Waals surface area contributed by atoms with Crippen LogP contribution in [0.1, 0.15) is 116 Å². The first kappa shape index (κ1) is 23.3. The molecule has 1 heteroatoms. The number of halogens is 1. The van der Waals surface area contributed by atoms with E-state index >= 15 is 0 Å². The molecule has 0 N–H and O–H groups in total. The minimum absolute atomic E-state index is 0. The van der Waals surface area contributed by atoms with Crippen LogP contribution >= 0.6 is 12.4 Å². The highest BCUT2D eigenvalue weighted by atomic mass is 35.5. The van der Waals surface area contributed by atoms with Crippen LogP contribution < -0.4 is 0 Å². The zero-order valence-electron chi connectivity index (χ0n) is 14.7. The van der Waals surface area contributed by atoms with Gasteiger partial charge in [-0.3, -0.25) is 0 Å². The fraction of sp³-hybridized carbons (Fsp3) is 0.900. The van der Waals surface area contributed by atoms with E-state index < -0.39 is 0 Å². The van der Waals surface area contributed by atoms with Crippen molar-refractivity contribution in [2.24, 2.45) is 0 Å². The summed E-state index contributed by atoms with van der Waals surface area (Å²) in [6.45, 7) is 6.06. The van der Waals surface area contributed by atoms with Crippen LogP contribution in [-0.2, 0) is 0 Å². The van der Waals surface area contributed by atoms with Crippen molar-refractivity contribution in [2.45, 2.75) is 116 Å². The summed E-state index contributed by atoms with van der Waals surface area (Å²) in [5.74, 6) is 0. The molecule has 0 heterocycles. The van der Waals surface area contributed by atoms with Crippen molar-refractivity contribution in [3.63, 3.8) is 0 Å². The van der Waals surface area contributed by atoms with Gasteiger partial charge in [-0.15, -0.1) is 19.0 Å². The number of hydrogen-bond donors (Lipinski definition) is 0. The van der Waals surface area contributed by atoms with Gasteiger partial charge in [-0.25, -0.2) is 0 Å². The smallest absolute Gasteiger partial charge is 0.0353 e. The topological polar surface area (TPSA) is 0 Å². The lowest BCUT2D eigenvalue weighted by atomic mass is 10.0. The van der Waals surface area contributed by atoms with E-state index in [-0.39, 0.29) is 12.4 Å². The fourth-order valence-electron chi connectivity index (χ4n) is 2.84. The average Bonchev–Trinajstić information content (AvgIpc) is 2.47. The van der Waals surface area contributed by atoms with Crippen LogP contribution in [0.5, 0.6) is 0 Å². The lowest BCUT2D eigenvalue weighted by molar-refractivity contribution is 0.530. The van der Waals surface area contributed by atoms with E-state index in [1.165, 1.54) is 109 Å². The summed E-state index contributed by atoms with van der Waals surface area (Å²) in [5.41, 5.74) is 0. The molecular weight excluding hydrogens is 276 g/mol. The molecule has 0 amide bonds. The Hall–Kier alpha value is 0.0300. The van der Waals surface area contributed by atoms with E-state index in [1.54, 1.807) is 0 Å². The Labute approximate surface area is 141 Å². The summed E-state index contributed by atoms with van der Waals surface area (Å²) in [7, 11) is 0. The highest BCUT2D eigenvalue weighted by Crippen LogP contribution is 2.13. The molecule has 0 rings (SSSR count). The number of rotatable bonds is 17. The average molecular weight is 317 g/mol. The van der Waals surface area contributed by atoms with Gasteiger partial charge in [0.2, 0.25) is 0 Å². The van der Waals surface area contributed by atoms with E-state index in [4.69, 9.17) is 0 Å². The second kappa shape index (κ2) is 22.3. The second-order valence-corrected chi connectivity index (χ2v) is 6.38. The largest absolute Gasteiger partial charge is 0.147 e. The minimum atomic E-state index is 0. The molecular formula is C20H41Cl.